The molecule has 0 radical (unpaired) electrons. The van der Waals surface area contributed by atoms with E-state index in [-0.39, 0.29) is 23.5 Å². The van der Waals surface area contributed by atoms with Gasteiger partial charge in [-0.15, -0.1) is 11.3 Å². The number of hydrogen-bond donors (Lipinski definition) is 1. The number of aryl methyl sites for hydroxylation is 1. The second-order valence-electron chi connectivity index (χ2n) is 7.62. The molecule has 1 N–H and O–H groups in total. The quantitative estimate of drug-likeness (QED) is 0.817. The van der Waals surface area contributed by atoms with Crippen LogP contribution in [0.2, 0.25) is 0 Å². The average Bonchev–Trinajstić information content (AvgIpc) is 3.19. The third kappa shape index (κ3) is 3.44. The number of amides is 1. The van der Waals surface area contributed by atoms with E-state index >= 15 is 0 Å². The van der Waals surface area contributed by atoms with Crippen LogP contribution in [-0.2, 0) is 16.4 Å². The van der Waals surface area contributed by atoms with Crippen LogP contribution in [0.25, 0.3) is 0 Å². The van der Waals surface area contributed by atoms with Gasteiger partial charge in [0.25, 0.3) is 5.91 Å². The van der Waals surface area contributed by atoms with E-state index in [1.165, 1.54) is 16.0 Å². The topological polar surface area (TPSA) is 68.1 Å². The Morgan fingerprint density at radius 3 is 2.57 bits per heavy atom. The van der Waals surface area contributed by atoms with Crippen LogP contribution in [0.5, 0.6) is 5.75 Å². The van der Waals surface area contributed by atoms with Crippen LogP contribution >= 0.6 is 11.3 Å². The van der Waals surface area contributed by atoms with Gasteiger partial charge in [-0.25, -0.2) is 8.42 Å². The predicted molar refractivity (Wildman–Crippen MR) is 110 cm³/mol. The van der Waals surface area contributed by atoms with Crippen LogP contribution in [0.1, 0.15) is 32.8 Å². The predicted octanol–water partition coefficient (Wildman–Crippen LogP) is 1.56. The minimum absolute atomic E-state index is 0.0453. The number of ether oxygens (including phenoxy) is 1. The molecule has 2 aliphatic heterocycles. The lowest BCUT2D eigenvalue weighted by atomic mass is 10.1. The van der Waals surface area contributed by atoms with E-state index in [1.54, 1.807) is 42.7 Å². The van der Waals surface area contributed by atoms with E-state index in [4.69, 9.17) is 4.74 Å². The number of fused-ring (bicyclic) bond motifs is 1. The van der Waals surface area contributed by atoms with Crippen molar-refractivity contribution in [1.29, 1.82) is 0 Å². The maximum Gasteiger partial charge on any atom is 0.263 e. The van der Waals surface area contributed by atoms with Gasteiger partial charge >= 0.3 is 0 Å². The van der Waals surface area contributed by atoms with E-state index < -0.39 is 9.84 Å². The van der Waals surface area contributed by atoms with Gasteiger partial charge in [0.05, 0.1) is 12.9 Å². The molecule has 1 aromatic carbocycles. The number of nitrogens with one attached hydrogen (secondary N) is 1. The molecule has 2 aliphatic rings. The fourth-order valence-electron chi connectivity index (χ4n) is 4.08. The summed E-state index contributed by atoms with van der Waals surface area (Å²) in [5.41, 5.74) is 3.00. The largest absolute Gasteiger partial charge is 0.497 e. The number of carbonyl (C=O) groups excluding carboxylic acids is 1. The standard InChI is InChI=1S/C20H24N2O4S2/c1-13-14(2)27-20-18(13)10-21(16-8-9-28(24,25)11-16)12-22(20)19(23)15-4-6-17(26-3)7-5-15/h4-7,16H,8-12H2,1-3H3/p+1/t16-/m1/s1. The summed E-state index contributed by atoms with van der Waals surface area (Å²) >= 11 is 1.65. The van der Waals surface area contributed by atoms with Crippen molar-refractivity contribution < 1.29 is 22.8 Å². The number of anilines is 1. The number of thiophene rings is 1. The van der Waals surface area contributed by atoms with Crippen LogP contribution in [0.15, 0.2) is 24.3 Å². The molecule has 28 heavy (non-hydrogen) atoms. The van der Waals surface area contributed by atoms with Crippen LogP contribution in [0, 0.1) is 13.8 Å². The summed E-state index contributed by atoms with van der Waals surface area (Å²) in [6.07, 6.45) is 0.666. The van der Waals surface area contributed by atoms with Gasteiger partial charge in [0.1, 0.15) is 29.1 Å². The minimum Gasteiger partial charge on any atom is -0.497 e. The maximum atomic E-state index is 13.3. The molecule has 0 aliphatic carbocycles. The molecular weight excluding hydrogens is 396 g/mol. The average molecular weight is 422 g/mol. The van der Waals surface area contributed by atoms with E-state index in [0.29, 0.717) is 24.4 Å². The van der Waals surface area contributed by atoms with E-state index in [0.717, 1.165) is 16.4 Å². The molecule has 8 heteroatoms. The molecule has 2 atom stereocenters. The van der Waals surface area contributed by atoms with Crippen molar-refractivity contribution in [1.82, 2.24) is 0 Å². The zero-order chi connectivity index (χ0) is 20.1. The van der Waals surface area contributed by atoms with E-state index in [1.807, 2.05) is 4.90 Å². The van der Waals surface area contributed by atoms with E-state index in [2.05, 4.69) is 13.8 Å². The molecule has 0 bridgehead atoms. The summed E-state index contributed by atoms with van der Waals surface area (Å²) in [7, 11) is -1.36. The number of methoxy groups -OCH3 is 1. The van der Waals surface area contributed by atoms with E-state index in [9.17, 15) is 13.2 Å². The highest BCUT2D eigenvalue weighted by Crippen LogP contribution is 2.37. The molecule has 4 rings (SSSR count). The summed E-state index contributed by atoms with van der Waals surface area (Å²) in [5.74, 6) is 1.12. The lowest BCUT2D eigenvalue weighted by Gasteiger charge is -2.35. The van der Waals surface area contributed by atoms with Crippen molar-refractivity contribution in [2.75, 3.05) is 30.2 Å². The van der Waals surface area contributed by atoms with Gasteiger partial charge in [-0.2, -0.15) is 0 Å². The number of sulfone groups is 1. The highest BCUT2D eigenvalue weighted by Gasteiger charge is 2.41. The third-order valence-corrected chi connectivity index (χ3v) is 8.93. The normalized spacial score (nSPS) is 23.5. The smallest absolute Gasteiger partial charge is 0.263 e. The first-order chi connectivity index (χ1) is 13.3. The fraction of sp³-hybridized carbons (Fsp3) is 0.450. The Morgan fingerprint density at radius 2 is 1.96 bits per heavy atom. The molecule has 3 heterocycles. The maximum absolute atomic E-state index is 13.3. The van der Waals surface area contributed by atoms with Crippen molar-refractivity contribution in [3.8, 4) is 5.75 Å². The zero-order valence-corrected chi connectivity index (χ0v) is 18.0. The molecule has 1 fully saturated rings. The van der Waals surface area contributed by atoms with Gasteiger partial charge in [0.2, 0.25) is 0 Å². The number of hydrogen-bond acceptors (Lipinski definition) is 5. The summed E-state index contributed by atoms with van der Waals surface area (Å²) < 4.78 is 29.2. The number of quaternary nitrogens is 1. The molecule has 0 spiro atoms. The van der Waals surface area contributed by atoms with Crippen molar-refractivity contribution in [3.63, 3.8) is 0 Å². The molecule has 0 saturated carbocycles. The first kappa shape index (κ1) is 19.4. The van der Waals surface area contributed by atoms with Crippen LogP contribution in [0.4, 0.5) is 5.00 Å². The zero-order valence-electron chi connectivity index (χ0n) is 16.3. The monoisotopic (exact) mass is 421 g/mol. The second-order valence-corrected chi connectivity index (χ2v) is 11.1. The number of carbonyl (C=O) groups is 1. The Kier molecular flexibility index (Phi) is 4.97. The van der Waals surface area contributed by atoms with Crippen molar-refractivity contribution >= 4 is 32.1 Å². The summed E-state index contributed by atoms with van der Waals surface area (Å²) in [4.78, 5) is 17.5. The van der Waals surface area contributed by atoms with Gasteiger partial charge in [-0.05, 0) is 43.7 Å². The van der Waals surface area contributed by atoms with Gasteiger partial charge < -0.3 is 9.64 Å². The molecule has 1 saturated heterocycles. The molecule has 1 unspecified atom stereocenters. The highest BCUT2D eigenvalue weighted by molar-refractivity contribution is 7.91. The minimum atomic E-state index is -2.96. The Labute approximate surface area is 169 Å². The van der Waals surface area contributed by atoms with Crippen LogP contribution < -0.4 is 14.5 Å². The van der Waals surface area contributed by atoms with Gasteiger partial charge in [-0.3, -0.25) is 9.69 Å². The summed E-state index contributed by atoms with van der Waals surface area (Å²) in [6.45, 7) is 5.44. The van der Waals surface area contributed by atoms with Gasteiger partial charge in [-0.1, -0.05) is 0 Å². The SMILES string of the molecule is COc1ccc(C(=O)N2C[NH+]([C@@H]3CCS(=O)(=O)C3)Cc3c2sc(C)c3C)cc1. The first-order valence-corrected chi connectivity index (χ1v) is 12.0. The Bertz CT molecular complexity index is 1010. The lowest BCUT2D eigenvalue weighted by molar-refractivity contribution is -0.936. The Morgan fingerprint density at radius 1 is 1.25 bits per heavy atom. The molecule has 2 aromatic rings. The van der Waals surface area contributed by atoms with Gasteiger partial charge in [0.15, 0.2) is 16.5 Å². The number of rotatable bonds is 3. The number of nitrogens with zero attached hydrogens (tertiary/aromatic N) is 1. The van der Waals surface area contributed by atoms with Gasteiger partial charge in [0, 0.05) is 22.4 Å². The van der Waals surface area contributed by atoms with Crippen molar-refractivity contribution in [3.05, 3.63) is 45.8 Å². The van der Waals surface area contributed by atoms with Crippen LogP contribution in [0.3, 0.4) is 0 Å². The number of benzene rings is 1. The van der Waals surface area contributed by atoms with Crippen LogP contribution in [-0.4, -0.2) is 45.7 Å². The van der Waals surface area contributed by atoms with Crippen molar-refractivity contribution in [2.24, 2.45) is 0 Å². The second kappa shape index (κ2) is 7.17. The third-order valence-electron chi connectivity index (χ3n) is 5.89. The molecule has 1 aromatic heterocycles. The van der Waals surface area contributed by atoms with Crippen molar-refractivity contribution in [2.45, 2.75) is 32.9 Å². The summed E-state index contributed by atoms with van der Waals surface area (Å²) in [5, 5.41) is 1.00. The molecular formula is C20H25N2O4S2+. The Balaban J connectivity index is 1.68. The Hall–Kier alpha value is -1.90. The molecule has 1 amide bonds. The molecule has 150 valence electrons. The first-order valence-electron chi connectivity index (χ1n) is 9.39. The summed E-state index contributed by atoms with van der Waals surface area (Å²) in [6, 6.07) is 7.18. The highest BCUT2D eigenvalue weighted by atomic mass is 32.2. The fourth-order valence-corrected chi connectivity index (χ4v) is 7.08. The lowest BCUT2D eigenvalue weighted by Crippen LogP contribution is -3.17. The molecule has 6 nitrogen and oxygen atoms in total.